The fraction of sp³-hybridized carbons (Fsp3) is 0.632. The maximum absolute atomic E-state index is 12.6. The highest BCUT2D eigenvalue weighted by molar-refractivity contribution is 6.07. The molecule has 1 saturated heterocycles. The van der Waals surface area contributed by atoms with E-state index in [4.69, 9.17) is 10.1 Å². The van der Waals surface area contributed by atoms with Gasteiger partial charge in [0.2, 0.25) is 11.8 Å². The lowest BCUT2D eigenvalue weighted by Crippen LogP contribution is -2.44. The van der Waals surface area contributed by atoms with Crippen molar-refractivity contribution in [2.75, 3.05) is 149 Å². The Morgan fingerprint density at radius 1 is 0.753 bits per heavy atom. The number of anilines is 3. The fourth-order valence-corrected chi connectivity index (χ4v) is 9.40. The number of benzene rings is 2. The van der Waals surface area contributed by atoms with Crippen LogP contribution in [0.5, 0.6) is 0 Å². The zero-order valence-electron chi connectivity index (χ0n) is 47.0. The van der Waals surface area contributed by atoms with Gasteiger partial charge < -0.3 is 55.7 Å². The maximum atomic E-state index is 12.6. The van der Waals surface area contributed by atoms with Crippen molar-refractivity contribution in [2.45, 2.75) is 105 Å². The number of carbonyl (C=O) groups excluding carboxylic acids is 3. The highest BCUT2D eigenvalue weighted by Gasteiger charge is 2.34. The van der Waals surface area contributed by atoms with Crippen LogP contribution in [0.3, 0.4) is 0 Å². The van der Waals surface area contributed by atoms with E-state index in [1.807, 2.05) is 41.8 Å². The molecule has 2 fully saturated rings. The monoisotopic (exact) mass is 1020 g/mol. The summed E-state index contributed by atoms with van der Waals surface area (Å²) < 4.78 is 0. The van der Waals surface area contributed by atoms with E-state index in [1.165, 1.54) is 29.8 Å². The highest BCUT2D eigenvalue weighted by Crippen LogP contribution is 2.51. The molecule has 5 N–H and O–H groups in total. The Morgan fingerprint density at radius 3 is 1.86 bits per heavy atom. The molecule has 16 nitrogen and oxygen atoms in total. The molecule has 3 aliphatic rings. The van der Waals surface area contributed by atoms with Crippen LogP contribution in [0.15, 0.2) is 47.5 Å². The van der Waals surface area contributed by atoms with Crippen LogP contribution < -0.4 is 31.1 Å². The maximum Gasteiger partial charge on any atom is 0.335 e. The molecular formula is C57H97N11O5. The van der Waals surface area contributed by atoms with Crippen molar-refractivity contribution in [2.24, 2.45) is 4.99 Å². The first kappa shape index (κ1) is 64.0. The number of hydrogen-bond acceptors (Lipinski definition) is 13. The number of amides is 2. The molecule has 2 heterocycles. The molecule has 0 bridgehead atoms. The van der Waals surface area contributed by atoms with E-state index in [9.17, 15) is 19.2 Å². The lowest BCUT2D eigenvalue weighted by molar-refractivity contribution is -0.122. The van der Waals surface area contributed by atoms with E-state index in [2.05, 4.69) is 110 Å². The highest BCUT2D eigenvalue weighted by atomic mass is 16.4. The summed E-state index contributed by atoms with van der Waals surface area (Å²) in [5, 5.41) is 20.8. The Morgan fingerprint density at radius 2 is 1.33 bits per heavy atom. The molecule has 0 spiro atoms. The molecule has 410 valence electrons. The molecule has 1 aliphatic carbocycles. The molecular weight excluding hydrogens is 919 g/mol. The SMILES string of the molecule is C/C=C\c1c(NC)c(N(C)C)c(/C=C\CCN2CCCN(CCC(=O)NCC)CCN(CC(=O)NCC)CCCN(CCC=O)CC2)c2c1N(C)C1CCCCC1=N2.CC.CCNC.O=C(O)c1ccccc1. The van der Waals surface area contributed by atoms with Crippen LogP contribution in [-0.4, -0.2) is 194 Å². The second-order valence-corrected chi connectivity index (χ2v) is 18.6. The molecule has 1 atom stereocenters. The summed E-state index contributed by atoms with van der Waals surface area (Å²) in [5.41, 5.74) is 8.54. The second kappa shape index (κ2) is 37.6. The standard InChI is InChI=1S/C45H76N10O3.C7H6O2.C3H9N.C2H6/c1-8-18-36-42(46-4)44(50(5)6)37(43-45(36)51(7)39-21-12-11-20-38(39)49-43)19-13-14-23-52-24-15-26-54(29-22-40(57)47-9-2)32-33-55(35-41(58)48-10-3)27-16-25-53(31-30-52)28-17-34-56;8-7(9)6-4-2-1-3-5-6;1-3-4-2;1-2/h8,13,18-19,34,39,46H,9-12,14-17,20-33,35H2,1-7H3,(H,47,57)(H,48,58);1-5H,(H,8,9);4H,3H2,1-2H3;1-2H3/b18-8-,19-13-;;;. The zero-order valence-corrected chi connectivity index (χ0v) is 47.0. The Labute approximate surface area is 441 Å². The van der Waals surface area contributed by atoms with E-state index < -0.39 is 5.97 Å². The minimum Gasteiger partial charge on any atom is -0.478 e. The topological polar surface area (TPSA) is 168 Å². The number of fused-ring (bicyclic) bond motifs is 2. The van der Waals surface area contributed by atoms with Crippen molar-refractivity contribution < 1.29 is 24.3 Å². The minimum atomic E-state index is -0.879. The van der Waals surface area contributed by atoms with Gasteiger partial charge in [-0.1, -0.05) is 69.7 Å². The number of carbonyl (C=O) groups is 4. The van der Waals surface area contributed by atoms with Gasteiger partial charge in [0.1, 0.15) is 6.29 Å². The van der Waals surface area contributed by atoms with Gasteiger partial charge in [-0.15, -0.1) is 0 Å². The number of rotatable bonds is 19. The predicted molar refractivity (Wildman–Crippen MR) is 308 cm³/mol. The third kappa shape index (κ3) is 22.5. The summed E-state index contributed by atoms with van der Waals surface area (Å²) >= 11 is 0. The summed E-state index contributed by atoms with van der Waals surface area (Å²) in [6.07, 6.45) is 18.4. The van der Waals surface area contributed by atoms with E-state index in [-0.39, 0.29) is 11.8 Å². The lowest BCUT2D eigenvalue weighted by Gasteiger charge is -2.41. The van der Waals surface area contributed by atoms with Crippen LogP contribution in [0.1, 0.15) is 121 Å². The van der Waals surface area contributed by atoms with Crippen molar-refractivity contribution >= 4 is 64.7 Å². The third-order valence-electron chi connectivity index (χ3n) is 13.1. The smallest absolute Gasteiger partial charge is 0.335 e. The fourth-order valence-electron chi connectivity index (χ4n) is 9.40. The average molecular weight is 1020 g/mol. The summed E-state index contributed by atoms with van der Waals surface area (Å²) in [6.45, 7) is 24.0. The van der Waals surface area contributed by atoms with Crippen molar-refractivity contribution in [3.05, 3.63) is 59.2 Å². The van der Waals surface area contributed by atoms with E-state index in [0.717, 1.165) is 133 Å². The number of nitrogens with zero attached hydrogens (tertiary/aromatic N) is 7. The van der Waals surface area contributed by atoms with Crippen LogP contribution in [0.2, 0.25) is 0 Å². The number of likely N-dealkylation sites (N-methyl/N-ethyl adjacent to an activating group) is 1. The number of allylic oxidation sites excluding steroid dienone is 1. The average Bonchev–Trinajstić information content (AvgIpc) is 3.39. The van der Waals surface area contributed by atoms with Gasteiger partial charge in [-0.05, 0) is 111 Å². The molecule has 2 aromatic rings. The van der Waals surface area contributed by atoms with Crippen molar-refractivity contribution in [1.82, 2.24) is 35.6 Å². The number of nitrogens with one attached hydrogen (secondary N) is 4. The normalized spacial score (nSPS) is 17.2. The molecule has 73 heavy (non-hydrogen) atoms. The minimum absolute atomic E-state index is 0.0458. The number of aldehydes is 1. The van der Waals surface area contributed by atoms with Crippen molar-refractivity contribution in [3.8, 4) is 0 Å². The van der Waals surface area contributed by atoms with Crippen LogP contribution in [0.25, 0.3) is 12.2 Å². The Kier molecular flexibility index (Phi) is 32.9. The van der Waals surface area contributed by atoms with Crippen molar-refractivity contribution in [3.63, 3.8) is 0 Å². The van der Waals surface area contributed by atoms with Gasteiger partial charge in [-0.3, -0.25) is 19.5 Å². The van der Waals surface area contributed by atoms with Crippen molar-refractivity contribution in [1.29, 1.82) is 0 Å². The number of aromatic carboxylic acids is 1. The molecule has 16 heteroatoms. The first-order valence-electron chi connectivity index (χ1n) is 27.3. The molecule has 0 aromatic heterocycles. The molecule has 1 unspecified atom stereocenters. The van der Waals surface area contributed by atoms with Gasteiger partial charge in [0, 0.05) is 117 Å². The number of carboxylic acids is 1. The summed E-state index contributed by atoms with van der Waals surface area (Å²) in [7, 11) is 10.5. The van der Waals surface area contributed by atoms with Gasteiger partial charge in [0.05, 0.1) is 40.9 Å². The van der Waals surface area contributed by atoms with Crippen LogP contribution in [0, 0.1) is 0 Å². The third-order valence-corrected chi connectivity index (χ3v) is 13.1. The number of aliphatic imine (C=N–C) groups is 1. The first-order valence-corrected chi connectivity index (χ1v) is 27.3. The lowest BCUT2D eigenvalue weighted by atomic mass is 9.87. The Balaban J connectivity index is 0.00000105. The van der Waals surface area contributed by atoms with E-state index >= 15 is 0 Å². The van der Waals surface area contributed by atoms with Gasteiger partial charge in [0.25, 0.3) is 0 Å². The quantitative estimate of drug-likeness (QED) is 0.0875. The molecule has 1 saturated carbocycles. The van der Waals surface area contributed by atoms with E-state index in [0.29, 0.717) is 50.6 Å². The second-order valence-electron chi connectivity index (χ2n) is 18.6. The van der Waals surface area contributed by atoms with Gasteiger partial charge in [-0.2, -0.15) is 0 Å². The molecule has 2 aliphatic heterocycles. The summed E-state index contributed by atoms with van der Waals surface area (Å²) in [4.78, 5) is 66.6. The number of carboxylic acid groups (broad SMARTS) is 1. The Hall–Kier alpha value is -5.13. The molecule has 0 radical (unpaired) electrons. The van der Waals surface area contributed by atoms with E-state index in [1.54, 1.807) is 30.3 Å². The summed E-state index contributed by atoms with van der Waals surface area (Å²) in [5.74, 6) is -0.751. The summed E-state index contributed by atoms with van der Waals surface area (Å²) in [6, 6.07) is 8.64. The molecule has 2 amide bonds. The first-order chi connectivity index (χ1) is 35.4. The Bertz CT molecular complexity index is 1990. The van der Waals surface area contributed by atoms with Gasteiger partial charge >= 0.3 is 5.97 Å². The predicted octanol–water partition coefficient (Wildman–Crippen LogP) is 7.59. The molecule has 5 rings (SSSR count). The van der Waals surface area contributed by atoms with Gasteiger partial charge in [-0.25, -0.2) is 4.79 Å². The van der Waals surface area contributed by atoms with Crippen LogP contribution in [0.4, 0.5) is 22.7 Å². The molecule has 2 aromatic carbocycles. The number of hydrogen-bond donors (Lipinski definition) is 5. The van der Waals surface area contributed by atoms with Crippen LogP contribution in [-0.2, 0) is 14.4 Å². The van der Waals surface area contributed by atoms with Crippen LogP contribution >= 0.6 is 0 Å². The largest absolute Gasteiger partial charge is 0.478 e. The zero-order chi connectivity index (χ0) is 54.0. The van der Waals surface area contributed by atoms with Gasteiger partial charge in [0.15, 0.2) is 0 Å².